The zero-order chi connectivity index (χ0) is 15.9. The zero-order valence-corrected chi connectivity index (χ0v) is 13.9. The molecular weight excluding hydrogens is 300 g/mol. The van der Waals surface area contributed by atoms with E-state index in [-0.39, 0.29) is 0 Å². The minimum Gasteiger partial charge on any atom is -0.490 e. The van der Waals surface area contributed by atoms with Crippen LogP contribution in [0.1, 0.15) is 18.1 Å². The van der Waals surface area contributed by atoms with Crippen molar-refractivity contribution >= 4 is 11.6 Å². The van der Waals surface area contributed by atoms with E-state index >= 15 is 0 Å². The van der Waals surface area contributed by atoms with Crippen LogP contribution in [0.5, 0.6) is 17.2 Å². The van der Waals surface area contributed by atoms with Crippen LogP contribution in [0.15, 0.2) is 36.4 Å². The Hall–Kier alpha value is -1.87. The van der Waals surface area contributed by atoms with Crippen LogP contribution in [0.4, 0.5) is 0 Å². The largest absolute Gasteiger partial charge is 0.490 e. The van der Waals surface area contributed by atoms with Crippen molar-refractivity contribution in [1.82, 2.24) is 0 Å². The van der Waals surface area contributed by atoms with E-state index in [4.69, 9.17) is 25.8 Å². The molecule has 0 radical (unpaired) electrons. The van der Waals surface area contributed by atoms with Gasteiger partial charge in [0.25, 0.3) is 0 Å². The van der Waals surface area contributed by atoms with Gasteiger partial charge in [-0.05, 0) is 50.1 Å². The van der Waals surface area contributed by atoms with Crippen LogP contribution in [-0.2, 0) is 0 Å². The van der Waals surface area contributed by atoms with Crippen molar-refractivity contribution in [2.24, 2.45) is 0 Å². The van der Waals surface area contributed by atoms with E-state index in [0.717, 1.165) is 22.6 Å². The Kier molecular flexibility index (Phi) is 5.96. The van der Waals surface area contributed by atoms with Gasteiger partial charge in [0, 0.05) is 0 Å². The Labute approximate surface area is 136 Å². The number of aryl methyl sites for hydroxylation is 2. The molecule has 0 atom stereocenters. The van der Waals surface area contributed by atoms with Gasteiger partial charge in [0.2, 0.25) is 0 Å². The highest BCUT2D eigenvalue weighted by Crippen LogP contribution is 2.30. The molecular formula is C18H21ClO3. The molecule has 0 unspecified atom stereocenters. The number of rotatable bonds is 7. The second kappa shape index (κ2) is 7.95. The first-order valence-corrected chi connectivity index (χ1v) is 7.73. The van der Waals surface area contributed by atoms with E-state index in [1.807, 2.05) is 57.2 Å². The first-order chi connectivity index (χ1) is 10.6. The highest BCUT2D eigenvalue weighted by atomic mass is 35.5. The molecule has 4 heteroatoms. The van der Waals surface area contributed by atoms with Gasteiger partial charge in [-0.3, -0.25) is 0 Å². The summed E-state index contributed by atoms with van der Waals surface area (Å²) in [7, 11) is 0. The summed E-state index contributed by atoms with van der Waals surface area (Å²) < 4.78 is 17.0. The summed E-state index contributed by atoms with van der Waals surface area (Å²) in [5.41, 5.74) is 2.15. The molecule has 22 heavy (non-hydrogen) atoms. The average molecular weight is 321 g/mol. The number of hydrogen-bond donors (Lipinski definition) is 0. The molecule has 0 bridgehead atoms. The number of benzene rings is 2. The second-order valence-corrected chi connectivity index (χ2v) is 5.38. The Morgan fingerprint density at radius 2 is 1.55 bits per heavy atom. The molecule has 0 aliphatic rings. The molecule has 0 amide bonds. The van der Waals surface area contributed by atoms with Gasteiger partial charge >= 0.3 is 0 Å². The van der Waals surface area contributed by atoms with E-state index in [1.54, 1.807) is 0 Å². The summed E-state index contributed by atoms with van der Waals surface area (Å²) in [4.78, 5) is 0. The first kappa shape index (κ1) is 16.5. The first-order valence-electron chi connectivity index (χ1n) is 7.36. The summed E-state index contributed by atoms with van der Waals surface area (Å²) >= 11 is 6.21. The van der Waals surface area contributed by atoms with E-state index in [0.29, 0.717) is 30.6 Å². The third-order valence-electron chi connectivity index (χ3n) is 3.11. The van der Waals surface area contributed by atoms with Crippen molar-refractivity contribution in [1.29, 1.82) is 0 Å². The Morgan fingerprint density at radius 3 is 2.18 bits per heavy atom. The fraction of sp³-hybridized carbons (Fsp3) is 0.333. The molecule has 3 nitrogen and oxygen atoms in total. The molecule has 0 N–H and O–H groups in total. The maximum absolute atomic E-state index is 6.21. The maximum Gasteiger partial charge on any atom is 0.161 e. The summed E-state index contributed by atoms with van der Waals surface area (Å²) in [5.74, 6) is 2.18. The molecule has 2 aromatic rings. The van der Waals surface area contributed by atoms with Crippen LogP contribution in [0.25, 0.3) is 0 Å². The number of ether oxygens (including phenoxy) is 3. The number of hydrogen-bond acceptors (Lipinski definition) is 3. The predicted molar refractivity (Wildman–Crippen MR) is 89.5 cm³/mol. The average Bonchev–Trinajstić information content (AvgIpc) is 2.47. The third-order valence-corrected chi connectivity index (χ3v) is 3.39. The molecule has 118 valence electrons. The summed E-state index contributed by atoms with van der Waals surface area (Å²) in [6, 6.07) is 11.6. The lowest BCUT2D eigenvalue weighted by atomic mass is 10.1. The number of halogens is 1. The van der Waals surface area contributed by atoms with Gasteiger partial charge < -0.3 is 14.2 Å². The molecule has 2 rings (SSSR count). The number of para-hydroxylation sites is 2. The molecule has 0 saturated carbocycles. The Morgan fingerprint density at radius 1 is 0.909 bits per heavy atom. The highest BCUT2D eigenvalue weighted by Gasteiger charge is 2.07. The molecule has 0 saturated heterocycles. The lowest BCUT2D eigenvalue weighted by Crippen LogP contribution is -2.10. The van der Waals surface area contributed by atoms with Crippen LogP contribution in [0.3, 0.4) is 0 Å². The van der Waals surface area contributed by atoms with Gasteiger partial charge in [-0.2, -0.15) is 0 Å². The van der Waals surface area contributed by atoms with Crippen LogP contribution in [0.2, 0.25) is 5.02 Å². The van der Waals surface area contributed by atoms with E-state index in [2.05, 4.69) is 0 Å². The zero-order valence-electron chi connectivity index (χ0n) is 13.2. The highest BCUT2D eigenvalue weighted by molar-refractivity contribution is 6.32. The summed E-state index contributed by atoms with van der Waals surface area (Å²) in [6.07, 6.45) is 0. The minimum absolute atomic E-state index is 0.421. The summed E-state index contributed by atoms with van der Waals surface area (Å²) in [5, 5.41) is 0.632. The van der Waals surface area contributed by atoms with Crippen molar-refractivity contribution < 1.29 is 14.2 Å². The normalized spacial score (nSPS) is 10.4. The van der Waals surface area contributed by atoms with Gasteiger partial charge in [-0.25, -0.2) is 0 Å². The van der Waals surface area contributed by atoms with Gasteiger partial charge in [0.05, 0.1) is 11.6 Å². The fourth-order valence-electron chi connectivity index (χ4n) is 2.22. The Bertz CT molecular complexity index is 602. The van der Waals surface area contributed by atoms with Gasteiger partial charge in [0.1, 0.15) is 19.0 Å². The standard InChI is InChI=1S/C18H21ClO3/c1-4-20-16-7-5-6-8-17(16)21-9-10-22-18-14(3)11-13(2)12-15(18)19/h5-8,11-12H,4,9-10H2,1-3H3. The molecule has 0 spiro atoms. The lowest BCUT2D eigenvalue weighted by molar-refractivity contribution is 0.208. The van der Waals surface area contributed by atoms with Gasteiger partial charge in [-0.15, -0.1) is 0 Å². The van der Waals surface area contributed by atoms with Crippen LogP contribution in [-0.4, -0.2) is 19.8 Å². The smallest absolute Gasteiger partial charge is 0.161 e. The molecule has 0 aliphatic carbocycles. The monoisotopic (exact) mass is 320 g/mol. The fourth-order valence-corrected chi connectivity index (χ4v) is 2.60. The van der Waals surface area contributed by atoms with Crippen molar-refractivity contribution in [2.75, 3.05) is 19.8 Å². The van der Waals surface area contributed by atoms with E-state index in [1.165, 1.54) is 0 Å². The van der Waals surface area contributed by atoms with Crippen LogP contribution >= 0.6 is 11.6 Å². The minimum atomic E-state index is 0.421. The van der Waals surface area contributed by atoms with Crippen molar-refractivity contribution in [2.45, 2.75) is 20.8 Å². The van der Waals surface area contributed by atoms with Crippen LogP contribution in [0, 0.1) is 13.8 Å². The maximum atomic E-state index is 6.21. The van der Waals surface area contributed by atoms with Crippen molar-refractivity contribution in [3.05, 3.63) is 52.5 Å². The van der Waals surface area contributed by atoms with Crippen molar-refractivity contribution in [3.63, 3.8) is 0 Å². The molecule has 0 heterocycles. The SMILES string of the molecule is CCOc1ccccc1OCCOc1c(C)cc(C)cc1Cl. The van der Waals surface area contributed by atoms with Gasteiger partial charge in [0.15, 0.2) is 11.5 Å². The van der Waals surface area contributed by atoms with E-state index < -0.39 is 0 Å². The van der Waals surface area contributed by atoms with Crippen molar-refractivity contribution in [3.8, 4) is 17.2 Å². The molecule has 0 aliphatic heterocycles. The van der Waals surface area contributed by atoms with Gasteiger partial charge in [-0.1, -0.05) is 29.8 Å². The Balaban J connectivity index is 1.90. The second-order valence-electron chi connectivity index (χ2n) is 4.97. The molecule has 0 fully saturated rings. The van der Waals surface area contributed by atoms with Crippen LogP contribution < -0.4 is 14.2 Å². The quantitative estimate of drug-likeness (QED) is 0.685. The lowest BCUT2D eigenvalue weighted by Gasteiger charge is -2.14. The molecule has 2 aromatic carbocycles. The third kappa shape index (κ3) is 4.31. The van der Waals surface area contributed by atoms with E-state index in [9.17, 15) is 0 Å². The predicted octanol–water partition coefficient (Wildman–Crippen LogP) is 4.81. The topological polar surface area (TPSA) is 27.7 Å². The summed E-state index contributed by atoms with van der Waals surface area (Å²) in [6.45, 7) is 7.39. The molecule has 0 aromatic heterocycles.